The van der Waals surface area contributed by atoms with E-state index in [0.717, 1.165) is 32.7 Å². The van der Waals surface area contributed by atoms with Crippen LogP contribution in [0.3, 0.4) is 0 Å². The number of halogens is 1. The summed E-state index contributed by atoms with van der Waals surface area (Å²) in [5.41, 5.74) is 9.41. The molecule has 2 aromatic heterocycles. The highest BCUT2D eigenvalue weighted by atomic mass is 35.5. The van der Waals surface area contributed by atoms with E-state index in [-0.39, 0.29) is 0 Å². The zero-order valence-corrected chi connectivity index (χ0v) is 10.5. The molecule has 5 heteroatoms. The number of aryl methyl sites for hydroxylation is 1. The molecule has 0 amide bonds. The van der Waals surface area contributed by atoms with Gasteiger partial charge in [-0.1, -0.05) is 23.7 Å². The predicted molar refractivity (Wildman–Crippen MR) is 73.5 cm³/mol. The lowest BCUT2D eigenvalue weighted by Gasteiger charge is -2.05. The molecule has 0 unspecified atom stereocenters. The Balaban J connectivity index is 2.19. The van der Waals surface area contributed by atoms with Crippen molar-refractivity contribution in [2.75, 3.05) is 5.73 Å². The second-order valence-electron chi connectivity index (χ2n) is 4.20. The SMILES string of the molecule is Cc1cc(N)nnc1-c1ccc2c(Cl)c[nH]c2c1. The molecule has 0 radical (unpaired) electrons. The summed E-state index contributed by atoms with van der Waals surface area (Å²) in [7, 11) is 0. The van der Waals surface area contributed by atoms with Crippen molar-refractivity contribution in [2.24, 2.45) is 0 Å². The molecule has 0 spiro atoms. The third-order valence-electron chi connectivity index (χ3n) is 2.91. The van der Waals surface area contributed by atoms with Gasteiger partial charge in [0, 0.05) is 22.7 Å². The Kier molecular flexibility index (Phi) is 2.45. The molecular weight excluding hydrogens is 248 g/mol. The summed E-state index contributed by atoms with van der Waals surface area (Å²) in [6.07, 6.45) is 1.78. The first-order valence-electron chi connectivity index (χ1n) is 5.52. The van der Waals surface area contributed by atoms with Crippen LogP contribution in [0.1, 0.15) is 5.56 Å². The highest BCUT2D eigenvalue weighted by molar-refractivity contribution is 6.35. The van der Waals surface area contributed by atoms with Crippen LogP contribution in [0.4, 0.5) is 5.82 Å². The number of nitrogens with two attached hydrogens (primary N) is 1. The van der Waals surface area contributed by atoms with Gasteiger partial charge in [-0.3, -0.25) is 0 Å². The summed E-state index contributed by atoms with van der Waals surface area (Å²) in [6.45, 7) is 1.96. The minimum absolute atomic E-state index is 0.431. The van der Waals surface area contributed by atoms with E-state index in [9.17, 15) is 0 Å². The maximum absolute atomic E-state index is 6.05. The number of aromatic nitrogens is 3. The van der Waals surface area contributed by atoms with Gasteiger partial charge in [-0.25, -0.2) is 0 Å². The zero-order chi connectivity index (χ0) is 12.7. The number of aromatic amines is 1. The Morgan fingerprint density at radius 2 is 2.06 bits per heavy atom. The molecule has 0 aliphatic heterocycles. The highest BCUT2D eigenvalue weighted by Gasteiger charge is 2.08. The molecule has 18 heavy (non-hydrogen) atoms. The van der Waals surface area contributed by atoms with Gasteiger partial charge in [0.05, 0.1) is 10.7 Å². The summed E-state index contributed by atoms with van der Waals surface area (Å²) < 4.78 is 0. The molecule has 0 bridgehead atoms. The summed E-state index contributed by atoms with van der Waals surface area (Å²) in [5, 5.41) is 9.75. The van der Waals surface area contributed by atoms with Crippen LogP contribution >= 0.6 is 11.6 Å². The van der Waals surface area contributed by atoms with Crippen LogP contribution in [0.2, 0.25) is 5.02 Å². The Labute approximate surface area is 109 Å². The first kappa shape index (κ1) is 11.0. The lowest BCUT2D eigenvalue weighted by atomic mass is 10.1. The van der Waals surface area contributed by atoms with Crippen molar-refractivity contribution >= 4 is 28.3 Å². The van der Waals surface area contributed by atoms with Crippen molar-refractivity contribution in [1.29, 1.82) is 0 Å². The van der Waals surface area contributed by atoms with Crippen molar-refractivity contribution < 1.29 is 0 Å². The van der Waals surface area contributed by atoms with E-state index in [1.54, 1.807) is 6.20 Å². The molecule has 0 fully saturated rings. The van der Waals surface area contributed by atoms with Crippen molar-refractivity contribution in [1.82, 2.24) is 15.2 Å². The Morgan fingerprint density at radius 3 is 2.83 bits per heavy atom. The van der Waals surface area contributed by atoms with Crippen molar-refractivity contribution in [3.05, 3.63) is 41.0 Å². The van der Waals surface area contributed by atoms with Gasteiger partial charge < -0.3 is 10.7 Å². The summed E-state index contributed by atoms with van der Waals surface area (Å²) in [4.78, 5) is 3.12. The van der Waals surface area contributed by atoms with Crippen molar-refractivity contribution in [3.8, 4) is 11.3 Å². The lowest BCUT2D eigenvalue weighted by Crippen LogP contribution is -1.97. The standard InChI is InChI=1S/C13H11ClN4/c1-7-4-12(15)17-18-13(7)8-2-3-9-10(14)6-16-11(9)5-8/h2-6,16H,1H3,(H2,15,17). The molecule has 0 saturated heterocycles. The van der Waals surface area contributed by atoms with Gasteiger partial charge in [-0.05, 0) is 24.6 Å². The van der Waals surface area contributed by atoms with Crippen LogP contribution in [0.15, 0.2) is 30.5 Å². The first-order chi connectivity index (χ1) is 8.65. The van der Waals surface area contributed by atoms with Crippen LogP contribution in [-0.4, -0.2) is 15.2 Å². The van der Waals surface area contributed by atoms with Gasteiger partial charge >= 0.3 is 0 Å². The number of fused-ring (bicyclic) bond motifs is 1. The van der Waals surface area contributed by atoms with E-state index in [1.165, 1.54) is 0 Å². The Morgan fingerprint density at radius 1 is 1.22 bits per heavy atom. The number of rotatable bonds is 1. The molecule has 0 saturated carbocycles. The average Bonchev–Trinajstić information content (AvgIpc) is 2.71. The van der Waals surface area contributed by atoms with E-state index in [1.807, 2.05) is 31.2 Å². The normalized spacial score (nSPS) is 11.0. The molecule has 0 atom stereocenters. The van der Waals surface area contributed by atoms with Crippen LogP contribution < -0.4 is 5.73 Å². The first-order valence-corrected chi connectivity index (χ1v) is 5.90. The average molecular weight is 259 g/mol. The Hall–Kier alpha value is -2.07. The fourth-order valence-corrected chi connectivity index (χ4v) is 2.25. The van der Waals surface area contributed by atoms with E-state index in [2.05, 4.69) is 15.2 Å². The minimum Gasteiger partial charge on any atom is -0.382 e. The van der Waals surface area contributed by atoms with Gasteiger partial charge in [0.15, 0.2) is 0 Å². The smallest absolute Gasteiger partial charge is 0.146 e. The van der Waals surface area contributed by atoms with Crippen LogP contribution in [0.5, 0.6) is 0 Å². The van der Waals surface area contributed by atoms with Crippen LogP contribution in [-0.2, 0) is 0 Å². The molecule has 90 valence electrons. The van der Waals surface area contributed by atoms with E-state index in [0.29, 0.717) is 5.82 Å². The molecule has 3 N–H and O–H groups in total. The minimum atomic E-state index is 0.431. The third kappa shape index (κ3) is 1.71. The fourth-order valence-electron chi connectivity index (χ4n) is 2.03. The van der Waals surface area contributed by atoms with Gasteiger partial charge in [0.2, 0.25) is 0 Å². The van der Waals surface area contributed by atoms with E-state index >= 15 is 0 Å². The molecule has 0 aliphatic carbocycles. The topological polar surface area (TPSA) is 67.6 Å². The van der Waals surface area contributed by atoms with Crippen molar-refractivity contribution in [3.63, 3.8) is 0 Å². The molecule has 1 aromatic carbocycles. The van der Waals surface area contributed by atoms with Crippen LogP contribution in [0.25, 0.3) is 22.2 Å². The maximum Gasteiger partial charge on any atom is 0.146 e. The number of nitrogen functional groups attached to an aromatic ring is 1. The maximum atomic E-state index is 6.05. The van der Waals surface area contributed by atoms with Gasteiger partial charge in [-0.15, -0.1) is 10.2 Å². The summed E-state index contributed by atoms with van der Waals surface area (Å²) in [5.74, 6) is 0.431. The fraction of sp³-hybridized carbons (Fsp3) is 0.0769. The monoisotopic (exact) mass is 258 g/mol. The largest absolute Gasteiger partial charge is 0.382 e. The van der Waals surface area contributed by atoms with Gasteiger partial charge in [0.1, 0.15) is 5.82 Å². The van der Waals surface area contributed by atoms with Crippen LogP contribution in [0, 0.1) is 6.92 Å². The number of H-pyrrole nitrogens is 1. The third-order valence-corrected chi connectivity index (χ3v) is 3.22. The zero-order valence-electron chi connectivity index (χ0n) is 9.74. The van der Waals surface area contributed by atoms with E-state index in [4.69, 9.17) is 17.3 Å². The molecule has 4 nitrogen and oxygen atoms in total. The second kappa shape index (κ2) is 3.99. The Bertz CT molecular complexity index is 733. The van der Waals surface area contributed by atoms with Gasteiger partial charge in [0.25, 0.3) is 0 Å². The predicted octanol–water partition coefficient (Wildman–Crippen LogP) is 3.17. The van der Waals surface area contributed by atoms with E-state index < -0.39 is 0 Å². The number of benzene rings is 1. The molecule has 3 aromatic rings. The molecule has 2 heterocycles. The summed E-state index contributed by atoms with van der Waals surface area (Å²) in [6, 6.07) is 7.78. The van der Waals surface area contributed by atoms with Crippen molar-refractivity contribution in [2.45, 2.75) is 6.92 Å². The summed E-state index contributed by atoms with van der Waals surface area (Å²) >= 11 is 6.05. The number of hydrogen-bond acceptors (Lipinski definition) is 3. The second-order valence-corrected chi connectivity index (χ2v) is 4.60. The number of hydrogen-bond donors (Lipinski definition) is 2. The lowest BCUT2D eigenvalue weighted by molar-refractivity contribution is 1.03. The highest BCUT2D eigenvalue weighted by Crippen LogP contribution is 2.28. The number of nitrogens with zero attached hydrogens (tertiary/aromatic N) is 2. The van der Waals surface area contributed by atoms with Gasteiger partial charge in [-0.2, -0.15) is 0 Å². The molecule has 3 rings (SSSR count). The number of anilines is 1. The molecule has 0 aliphatic rings. The molecular formula is C13H11ClN4. The number of nitrogens with one attached hydrogen (secondary N) is 1. The quantitative estimate of drug-likeness (QED) is 0.704.